The highest BCUT2D eigenvalue weighted by atomic mass is 19.4. The Kier molecular flexibility index (Phi) is 4.60. The predicted octanol–water partition coefficient (Wildman–Crippen LogP) is 2.78. The van der Waals surface area contributed by atoms with E-state index in [0.29, 0.717) is 5.56 Å². The maximum Gasteiger partial charge on any atom is 0.390 e. The smallest absolute Gasteiger partial charge is 0.312 e. The van der Waals surface area contributed by atoms with Crippen LogP contribution in [-0.4, -0.2) is 17.6 Å². The van der Waals surface area contributed by atoms with Crippen molar-refractivity contribution in [3.8, 4) is 0 Å². The lowest BCUT2D eigenvalue weighted by molar-refractivity contribution is -0.387. The largest absolute Gasteiger partial charge is 0.390 e. The number of benzene rings is 1. The van der Waals surface area contributed by atoms with E-state index in [1.807, 2.05) is 0 Å². The number of alkyl halides is 3. The summed E-state index contributed by atoms with van der Waals surface area (Å²) in [6.45, 7) is -0.271. The van der Waals surface area contributed by atoms with Gasteiger partial charge in [0.15, 0.2) is 0 Å². The second-order valence-corrected chi connectivity index (χ2v) is 3.58. The molecule has 0 amide bonds. The summed E-state index contributed by atoms with van der Waals surface area (Å²) in [5.41, 5.74) is -0.311. The van der Waals surface area contributed by atoms with E-state index in [4.69, 9.17) is 0 Å². The number of rotatable bonds is 5. The number of hydrogen-bond acceptors (Lipinski definition) is 3. The first-order valence-electron chi connectivity index (χ1n) is 5.00. The van der Waals surface area contributed by atoms with E-state index in [-0.39, 0.29) is 13.1 Å². The zero-order valence-corrected chi connectivity index (χ0v) is 9.13. The summed E-state index contributed by atoms with van der Waals surface area (Å²) in [6.07, 6.45) is -5.23. The molecule has 1 aromatic rings. The Morgan fingerprint density at radius 1 is 1.33 bits per heavy atom. The Labute approximate surface area is 99.8 Å². The Morgan fingerprint density at radius 2 is 2.00 bits per heavy atom. The molecular formula is C10H10F4N2O2. The van der Waals surface area contributed by atoms with Gasteiger partial charge in [-0.1, -0.05) is 6.07 Å². The molecule has 0 unspecified atom stereocenters. The number of halogens is 4. The van der Waals surface area contributed by atoms with Gasteiger partial charge in [0.2, 0.25) is 5.82 Å². The maximum absolute atomic E-state index is 13.1. The molecule has 0 aromatic heterocycles. The highest BCUT2D eigenvalue weighted by molar-refractivity contribution is 5.34. The summed E-state index contributed by atoms with van der Waals surface area (Å²) >= 11 is 0. The summed E-state index contributed by atoms with van der Waals surface area (Å²) < 4.78 is 48.6. The Hall–Kier alpha value is -1.70. The first-order chi connectivity index (χ1) is 8.29. The summed E-state index contributed by atoms with van der Waals surface area (Å²) in [4.78, 5) is 9.46. The van der Waals surface area contributed by atoms with Crippen LogP contribution in [-0.2, 0) is 6.54 Å². The van der Waals surface area contributed by atoms with Crippen LogP contribution in [0.1, 0.15) is 12.0 Å². The lowest BCUT2D eigenvalue weighted by Gasteiger charge is -2.07. The standard InChI is InChI=1S/C10H10F4N2O2/c11-8-5-7(1-2-9(8)16(17)18)6-15-4-3-10(12,13)14/h1-2,5,15H,3-4,6H2. The topological polar surface area (TPSA) is 55.2 Å². The highest BCUT2D eigenvalue weighted by Gasteiger charge is 2.25. The van der Waals surface area contributed by atoms with E-state index < -0.39 is 29.0 Å². The maximum atomic E-state index is 13.1. The van der Waals surface area contributed by atoms with Gasteiger partial charge in [0.1, 0.15) is 0 Å². The highest BCUT2D eigenvalue weighted by Crippen LogP contribution is 2.19. The molecule has 1 rings (SSSR count). The Bertz CT molecular complexity index is 434. The molecule has 0 radical (unpaired) electrons. The Balaban J connectivity index is 2.49. The second-order valence-electron chi connectivity index (χ2n) is 3.58. The van der Waals surface area contributed by atoms with Crippen LogP contribution >= 0.6 is 0 Å². The van der Waals surface area contributed by atoms with Crippen molar-refractivity contribution in [1.29, 1.82) is 0 Å². The van der Waals surface area contributed by atoms with E-state index in [1.54, 1.807) is 0 Å². The van der Waals surface area contributed by atoms with E-state index in [0.717, 1.165) is 12.1 Å². The van der Waals surface area contributed by atoms with Crippen molar-refractivity contribution in [2.75, 3.05) is 6.54 Å². The molecule has 0 spiro atoms. The minimum Gasteiger partial charge on any atom is -0.312 e. The van der Waals surface area contributed by atoms with Crippen LogP contribution in [0.4, 0.5) is 23.2 Å². The molecule has 0 saturated heterocycles. The summed E-state index contributed by atoms with van der Waals surface area (Å²) in [5, 5.41) is 12.8. The fraction of sp³-hybridized carbons (Fsp3) is 0.400. The van der Waals surface area contributed by atoms with Crippen molar-refractivity contribution >= 4 is 5.69 Å². The van der Waals surface area contributed by atoms with Gasteiger partial charge in [-0.15, -0.1) is 0 Å². The van der Waals surface area contributed by atoms with Crippen LogP contribution in [0.2, 0.25) is 0 Å². The summed E-state index contributed by atoms with van der Waals surface area (Å²) in [6, 6.07) is 3.20. The molecule has 0 bridgehead atoms. The fourth-order valence-electron chi connectivity index (χ4n) is 1.27. The normalized spacial score (nSPS) is 11.6. The molecular weight excluding hydrogens is 256 g/mol. The van der Waals surface area contributed by atoms with E-state index in [2.05, 4.69) is 5.32 Å². The SMILES string of the molecule is O=[N+]([O-])c1ccc(CNCCC(F)(F)F)cc1F. The van der Waals surface area contributed by atoms with Crippen LogP contribution in [0.15, 0.2) is 18.2 Å². The van der Waals surface area contributed by atoms with E-state index in [1.165, 1.54) is 6.07 Å². The van der Waals surface area contributed by atoms with Crippen LogP contribution < -0.4 is 5.32 Å². The molecule has 1 aromatic carbocycles. The van der Waals surface area contributed by atoms with Gasteiger partial charge < -0.3 is 5.32 Å². The third-order valence-electron chi connectivity index (χ3n) is 2.12. The molecule has 0 aliphatic carbocycles. The van der Waals surface area contributed by atoms with Crippen LogP contribution in [0.25, 0.3) is 0 Å². The van der Waals surface area contributed by atoms with Gasteiger partial charge in [-0.3, -0.25) is 10.1 Å². The first kappa shape index (κ1) is 14.4. The fourth-order valence-corrected chi connectivity index (χ4v) is 1.27. The van der Waals surface area contributed by atoms with Gasteiger partial charge in [0, 0.05) is 19.2 Å². The predicted molar refractivity (Wildman–Crippen MR) is 55.4 cm³/mol. The molecule has 4 nitrogen and oxygen atoms in total. The van der Waals surface area contributed by atoms with Gasteiger partial charge >= 0.3 is 11.9 Å². The van der Waals surface area contributed by atoms with Gasteiger partial charge in [0.05, 0.1) is 11.3 Å². The number of hydrogen-bond donors (Lipinski definition) is 1. The molecule has 0 atom stereocenters. The average molecular weight is 266 g/mol. The number of nitrogens with zero attached hydrogens (tertiary/aromatic N) is 1. The number of nitrogens with one attached hydrogen (secondary N) is 1. The monoisotopic (exact) mass is 266 g/mol. The average Bonchev–Trinajstić information content (AvgIpc) is 2.22. The van der Waals surface area contributed by atoms with Gasteiger partial charge in [0.25, 0.3) is 0 Å². The quantitative estimate of drug-likeness (QED) is 0.386. The summed E-state index contributed by atoms with van der Waals surface area (Å²) in [5.74, 6) is -1.00. The molecule has 1 N–H and O–H groups in total. The lowest BCUT2D eigenvalue weighted by Crippen LogP contribution is -2.21. The molecule has 100 valence electrons. The van der Waals surface area contributed by atoms with Crippen molar-refractivity contribution in [2.45, 2.75) is 19.1 Å². The van der Waals surface area contributed by atoms with Gasteiger partial charge in [-0.25, -0.2) is 0 Å². The van der Waals surface area contributed by atoms with Gasteiger partial charge in [-0.2, -0.15) is 17.6 Å². The zero-order valence-electron chi connectivity index (χ0n) is 9.13. The van der Waals surface area contributed by atoms with Crippen molar-refractivity contribution in [3.63, 3.8) is 0 Å². The van der Waals surface area contributed by atoms with Crippen LogP contribution in [0.5, 0.6) is 0 Å². The Morgan fingerprint density at radius 3 is 2.50 bits per heavy atom. The molecule has 0 heterocycles. The lowest BCUT2D eigenvalue weighted by atomic mass is 10.2. The molecule has 8 heteroatoms. The minimum absolute atomic E-state index is 0.0188. The second kappa shape index (κ2) is 5.76. The molecule has 0 saturated carbocycles. The first-order valence-corrected chi connectivity index (χ1v) is 5.00. The summed E-state index contributed by atoms with van der Waals surface area (Å²) in [7, 11) is 0. The van der Waals surface area contributed by atoms with E-state index in [9.17, 15) is 27.7 Å². The molecule has 18 heavy (non-hydrogen) atoms. The van der Waals surface area contributed by atoms with Crippen LogP contribution in [0, 0.1) is 15.9 Å². The van der Waals surface area contributed by atoms with Gasteiger partial charge in [-0.05, 0) is 11.6 Å². The minimum atomic E-state index is -4.24. The third kappa shape index (κ3) is 4.66. The third-order valence-corrected chi connectivity index (χ3v) is 2.12. The van der Waals surface area contributed by atoms with Crippen molar-refractivity contribution in [2.24, 2.45) is 0 Å². The van der Waals surface area contributed by atoms with Crippen molar-refractivity contribution in [3.05, 3.63) is 39.7 Å². The van der Waals surface area contributed by atoms with E-state index >= 15 is 0 Å². The number of nitro groups is 1. The van der Waals surface area contributed by atoms with Crippen molar-refractivity contribution in [1.82, 2.24) is 5.32 Å². The molecule has 0 aliphatic rings. The number of nitro benzene ring substituents is 1. The molecule has 0 fully saturated rings. The van der Waals surface area contributed by atoms with Crippen molar-refractivity contribution < 1.29 is 22.5 Å². The molecule has 0 aliphatic heterocycles. The van der Waals surface area contributed by atoms with Crippen LogP contribution in [0.3, 0.4) is 0 Å². The zero-order chi connectivity index (χ0) is 13.8.